The van der Waals surface area contributed by atoms with Crippen LogP contribution in [-0.4, -0.2) is 23.4 Å². The Balaban J connectivity index is 1.38. The molecule has 1 amide bonds. The van der Waals surface area contributed by atoms with E-state index in [0.29, 0.717) is 24.7 Å². The smallest absolute Gasteiger partial charge is 0.229 e. The summed E-state index contributed by atoms with van der Waals surface area (Å²) in [6.07, 6.45) is 1.21. The van der Waals surface area contributed by atoms with E-state index >= 15 is 0 Å². The van der Waals surface area contributed by atoms with E-state index in [2.05, 4.69) is 30.0 Å². The highest BCUT2D eigenvalue weighted by Gasteiger charge is 2.38. The van der Waals surface area contributed by atoms with Gasteiger partial charge in [-0.2, -0.15) is 5.26 Å². The van der Waals surface area contributed by atoms with Gasteiger partial charge >= 0.3 is 0 Å². The number of nitriles is 1. The van der Waals surface area contributed by atoms with Gasteiger partial charge in [-0.1, -0.05) is 79.3 Å². The molecule has 2 aliphatic heterocycles. The second-order valence-electron chi connectivity index (χ2n) is 8.69. The van der Waals surface area contributed by atoms with Crippen molar-refractivity contribution in [2.45, 2.75) is 32.3 Å². The van der Waals surface area contributed by atoms with E-state index in [4.69, 9.17) is 4.74 Å². The van der Waals surface area contributed by atoms with Crippen LogP contribution >= 0.6 is 11.8 Å². The van der Waals surface area contributed by atoms with E-state index in [1.165, 1.54) is 5.56 Å². The van der Waals surface area contributed by atoms with E-state index in [1.54, 1.807) is 16.7 Å². The third-order valence-corrected chi connectivity index (χ3v) is 7.67. The fourth-order valence-electron chi connectivity index (χ4n) is 4.68. The zero-order chi connectivity index (χ0) is 24.2. The van der Waals surface area contributed by atoms with Crippen molar-refractivity contribution >= 4 is 23.4 Å². The van der Waals surface area contributed by atoms with Crippen LogP contribution in [0.3, 0.4) is 0 Å². The molecule has 0 N–H and O–H groups in total. The summed E-state index contributed by atoms with van der Waals surface area (Å²) >= 11 is 1.57. The lowest BCUT2D eigenvalue weighted by molar-refractivity contribution is -0.129. The van der Waals surface area contributed by atoms with Crippen molar-refractivity contribution in [2.75, 3.05) is 17.4 Å². The zero-order valence-electron chi connectivity index (χ0n) is 19.7. The SMILES string of the molecule is CCc1ccccc1N1CSC2=C(C#N)[C@@H](c3cccc(OCc4ccccc4)c3)CC(=O)N2C1. The Bertz CT molecular complexity index is 1300. The standard InChI is InChI=1S/C29H27N3O2S/c1-2-22-11-6-7-14-27(22)31-19-32-28(33)16-25(26(17-30)29(32)35-20-31)23-12-8-13-24(15-23)34-18-21-9-4-3-5-10-21/h3-15,25H,2,16,18-20H2,1H3/t25-/m1/s1. The average Bonchev–Trinajstić information content (AvgIpc) is 2.92. The number of amides is 1. The summed E-state index contributed by atoms with van der Waals surface area (Å²) in [5.74, 6) is 1.22. The first kappa shape index (κ1) is 23.1. The zero-order valence-corrected chi connectivity index (χ0v) is 20.5. The molecule has 176 valence electrons. The van der Waals surface area contributed by atoms with E-state index in [1.807, 2.05) is 66.7 Å². The topological polar surface area (TPSA) is 56.6 Å². The van der Waals surface area contributed by atoms with Crippen LogP contribution in [0.15, 0.2) is 89.5 Å². The molecule has 5 rings (SSSR count). The minimum atomic E-state index is -0.263. The van der Waals surface area contributed by atoms with Gasteiger partial charge in [-0.25, -0.2) is 0 Å². The molecule has 0 bridgehead atoms. The molecule has 2 aliphatic rings. The normalized spacial score (nSPS) is 17.7. The molecule has 0 aromatic heterocycles. The molecule has 6 heteroatoms. The monoisotopic (exact) mass is 481 g/mol. The molecular formula is C29H27N3O2S. The lowest BCUT2D eigenvalue weighted by atomic mass is 9.86. The van der Waals surface area contributed by atoms with Gasteiger partial charge in [0.1, 0.15) is 12.4 Å². The Morgan fingerprint density at radius 1 is 1.06 bits per heavy atom. The molecule has 1 atom stereocenters. The number of hydrogen-bond acceptors (Lipinski definition) is 5. The quantitative estimate of drug-likeness (QED) is 0.429. The first-order valence-corrected chi connectivity index (χ1v) is 12.8. The summed E-state index contributed by atoms with van der Waals surface area (Å²) < 4.78 is 6.00. The van der Waals surface area contributed by atoms with Gasteiger partial charge in [0.25, 0.3) is 0 Å². The highest BCUT2D eigenvalue weighted by Crippen LogP contribution is 2.44. The van der Waals surface area contributed by atoms with Crippen LogP contribution in [0.5, 0.6) is 5.75 Å². The minimum Gasteiger partial charge on any atom is -0.489 e. The van der Waals surface area contributed by atoms with Gasteiger partial charge in [0.15, 0.2) is 0 Å². The number of rotatable bonds is 6. The second-order valence-corrected chi connectivity index (χ2v) is 9.63. The van der Waals surface area contributed by atoms with E-state index in [0.717, 1.165) is 34.0 Å². The molecule has 3 aromatic rings. The van der Waals surface area contributed by atoms with Crippen LogP contribution in [0.1, 0.15) is 36.0 Å². The number of nitrogens with zero attached hydrogens (tertiary/aromatic N) is 3. The van der Waals surface area contributed by atoms with E-state index in [9.17, 15) is 10.1 Å². The van der Waals surface area contributed by atoms with Crippen molar-refractivity contribution in [2.24, 2.45) is 0 Å². The Morgan fingerprint density at radius 2 is 1.86 bits per heavy atom. The fourth-order valence-corrected chi connectivity index (χ4v) is 5.84. The number of benzene rings is 3. The van der Waals surface area contributed by atoms with Crippen molar-refractivity contribution < 1.29 is 9.53 Å². The van der Waals surface area contributed by atoms with Crippen LogP contribution in [0.4, 0.5) is 5.69 Å². The number of ether oxygens (including phenoxy) is 1. The Hall–Kier alpha value is -3.69. The number of fused-ring (bicyclic) bond motifs is 1. The molecule has 0 radical (unpaired) electrons. The van der Waals surface area contributed by atoms with Gasteiger partial charge in [0, 0.05) is 18.0 Å². The van der Waals surface area contributed by atoms with Crippen molar-refractivity contribution in [1.29, 1.82) is 5.26 Å². The number of hydrogen-bond donors (Lipinski definition) is 0. The first-order valence-electron chi connectivity index (χ1n) is 11.8. The molecule has 0 spiro atoms. The predicted octanol–water partition coefficient (Wildman–Crippen LogP) is 6.05. The molecule has 0 unspecified atom stereocenters. The molecule has 1 saturated heterocycles. The molecule has 3 aromatic carbocycles. The van der Waals surface area contributed by atoms with E-state index < -0.39 is 0 Å². The van der Waals surface area contributed by atoms with Crippen LogP contribution < -0.4 is 9.64 Å². The number of allylic oxidation sites excluding steroid dienone is 1. The third-order valence-electron chi connectivity index (χ3n) is 6.52. The van der Waals surface area contributed by atoms with Gasteiger partial charge in [-0.3, -0.25) is 9.69 Å². The van der Waals surface area contributed by atoms with Crippen molar-refractivity contribution in [3.63, 3.8) is 0 Å². The lowest BCUT2D eigenvalue weighted by Crippen LogP contribution is -2.47. The Kier molecular flexibility index (Phi) is 6.78. The number of aryl methyl sites for hydroxylation is 1. The summed E-state index contributed by atoms with van der Waals surface area (Å²) in [5.41, 5.74) is 5.10. The first-order chi connectivity index (χ1) is 17.2. The Labute approximate surface area is 210 Å². The number of thioether (sulfide) groups is 1. The second kappa shape index (κ2) is 10.3. The van der Waals surface area contributed by atoms with Gasteiger partial charge in [-0.05, 0) is 41.3 Å². The minimum absolute atomic E-state index is 0.0470. The van der Waals surface area contributed by atoms with Gasteiger partial charge in [-0.15, -0.1) is 0 Å². The molecule has 35 heavy (non-hydrogen) atoms. The maximum absolute atomic E-state index is 13.3. The summed E-state index contributed by atoms with van der Waals surface area (Å²) in [7, 11) is 0. The third kappa shape index (κ3) is 4.78. The Morgan fingerprint density at radius 3 is 2.66 bits per heavy atom. The van der Waals surface area contributed by atoms with Crippen molar-refractivity contribution in [1.82, 2.24) is 4.90 Å². The summed E-state index contributed by atoms with van der Waals surface area (Å²) in [6, 6.07) is 28.6. The average molecular weight is 482 g/mol. The maximum Gasteiger partial charge on any atom is 0.229 e. The lowest BCUT2D eigenvalue weighted by Gasteiger charge is -2.42. The molecule has 0 aliphatic carbocycles. The van der Waals surface area contributed by atoms with Crippen LogP contribution in [0.25, 0.3) is 0 Å². The molecular weight excluding hydrogens is 454 g/mol. The van der Waals surface area contributed by atoms with Gasteiger partial charge < -0.3 is 9.64 Å². The van der Waals surface area contributed by atoms with Crippen LogP contribution in [0.2, 0.25) is 0 Å². The molecule has 5 nitrogen and oxygen atoms in total. The molecule has 1 fully saturated rings. The van der Waals surface area contributed by atoms with Gasteiger partial charge in [0.2, 0.25) is 5.91 Å². The highest BCUT2D eigenvalue weighted by atomic mass is 32.2. The number of carbonyl (C=O) groups is 1. The largest absolute Gasteiger partial charge is 0.489 e. The highest BCUT2D eigenvalue weighted by molar-refractivity contribution is 8.03. The van der Waals surface area contributed by atoms with Crippen molar-refractivity contribution in [3.05, 3.63) is 106 Å². The molecule has 0 saturated carbocycles. The predicted molar refractivity (Wildman–Crippen MR) is 140 cm³/mol. The molecule has 2 heterocycles. The fraction of sp³-hybridized carbons (Fsp3) is 0.241. The van der Waals surface area contributed by atoms with Crippen LogP contribution in [-0.2, 0) is 17.8 Å². The van der Waals surface area contributed by atoms with Crippen LogP contribution in [0, 0.1) is 11.3 Å². The van der Waals surface area contributed by atoms with Crippen molar-refractivity contribution in [3.8, 4) is 11.8 Å². The number of carbonyl (C=O) groups excluding carboxylic acids is 1. The summed E-state index contributed by atoms with van der Waals surface area (Å²) in [4.78, 5) is 17.3. The number of anilines is 1. The van der Waals surface area contributed by atoms with Gasteiger partial charge in [0.05, 0.1) is 29.2 Å². The van der Waals surface area contributed by atoms with E-state index in [-0.39, 0.29) is 18.2 Å². The summed E-state index contributed by atoms with van der Waals surface area (Å²) in [5, 5.41) is 10.9. The maximum atomic E-state index is 13.3. The number of para-hydroxylation sites is 1. The summed E-state index contributed by atoms with van der Waals surface area (Å²) in [6.45, 7) is 3.08.